The van der Waals surface area contributed by atoms with Crippen molar-refractivity contribution in [2.45, 2.75) is 32.7 Å². The molecule has 0 spiro atoms. The van der Waals surface area contributed by atoms with Crippen LogP contribution in [-0.4, -0.2) is 28.6 Å². The van der Waals surface area contributed by atoms with E-state index in [0.29, 0.717) is 36.7 Å². The van der Waals surface area contributed by atoms with Crippen LogP contribution >= 0.6 is 15.9 Å². The normalized spacial score (nSPS) is 10.8. The highest BCUT2D eigenvalue weighted by Gasteiger charge is 2.13. The highest BCUT2D eigenvalue weighted by Crippen LogP contribution is 2.23. The van der Waals surface area contributed by atoms with Crippen LogP contribution in [0.25, 0.3) is 11.5 Å². The highest BCUT2D eigenvalue weighted by molar-refractivity contribution is 9.10. The van der Waals surface area contributed by atoms with E-state index in [1.807, 2.05) is 55.5 Å². The van der Waals surface area contributed by atoms with Gasteiger partial charge in [-0.3, -0.25) is 9.59 Å². The first-order valence-electron chi connectivity index (χ1n) is 11.9. The van der Waals surface area contributed by atoms with E-state index in [-0.39, 0.29) is 18.9 Å². The molecule has 3 aromatic carbocycles. The topological polar surface area (TPSA) is 102 Å². The molecule has 4 rings (SSSR count). The predicted molar refractivity (Wildman–Crippen MR) is 144 cm³/mol. The quantitative estimate of drug-likeness (QED) is 0.233. The van der Waals surface area contributed by atoms with Crippen molar-refractivity contribution in [3.8, 4) is 17.2 Å². The number of carbonyl (C=O) groups is 2. The lowest BCUT2D eigenvalue weighted by Crippen LogP contribution is -2.23. The van der Waals surface area contributed by atoms with Gasteiger partial charge in [0.25, 0.3) is 5.91 Å². The minimum Gasteiger partial charge on any atom is -0.493 e. The number of nitrogens with one attached hydrogen (secondary N) is 1. The number of rotatable bonds is 11. The van der Waals surface area contributed by atoms with Crippen LogP contribution in [0.3, 0.4) is 0 Å². The van der Waals surface area contributed by atoms with E-state index in [9.17, 15) is 9.59 Å². The maximum absolute atomic E-state index is 12.6. The monoisotopic (exact) mass is 562 g/mol. The molecule has 0 bridgehead atoms. The van der Waals surface area contributed by atoms with Crippen molar-refractivity contribution in [3.63, 3.8) is 0 Å². The third-order valence-corrected chi connectivity index (χ3v) is 6.38. The fourth-order valence-electron chi connectivity index (χ4n) is 3.85. The van der Waals surface area contributed by atoms with E-state index >= 15 is 0 Å². The lowest BCUT2D eigenvalue weighted by atomic mass is 10.0. The van der Waals surface area contributed by atoms with E-state index in [0.717, 1.165) is 32.6 Å². The average Bonchev–Trinajstić information content (AvgIpc) is 3.27. The summed E-state index contributed by atoms with van der Waals surface area (Å²) in [7, 11) is 0. The van der Waals surface area contributed by atoms with Crippen molar-refractivity contribution >= 4 is 27.8 Å². The van der Waals surface area contributed by atoms with Crippen molar-refractivity contribution < 1.29 is 23.8 Å². The number of aromatic nitrogens is 1. The smallest absolute Gasteiger partial charge is 0.303 e. The Balaban J connectivity index is 1.41. The summed E-state index contributed by atoms with van der Waals surface area (Å²) in [6.45, 7) is 2.53. The average molecular weight is 563 g/mol. The Labute approximate surface area is 223 Å². The molecular weight excluding hydrogens is 536 g/mol. The second-order valence-electron chi connectivity index (χ2n) is 8.50. The fourth-order valence-corrected chi connectivity index (χ4v) is 4.12. The minimum absolute atomic E-state index is 0.00302. The molecule has 1 aromatic heterocycles. The van der Waals surface area contributed by atoms with Crippen LogP contribution in [0.4, 0.5) is 0 Å². The number of nitrogens with zero attached hydrogens (tertiary/aromatic N) is 1. The Morgan fingerprint density at radius 3 is 2.49 bits per heavy atom. The number of halogens is 1. The molecular formula is C29H27BrN2O5. The molecule has 1 amide bonds. The summed E-state index contributed by atoms with van der Waals surface area (Å²) in [5.74, 6) is 0.889. The molecule has 0 aliphatic carbocycles. The first-order valence-corrected chi connectivity index (χ1v) is 12.7. The van der Waals surface area contributed by atoms with Crippen LogP contribution in [0.1, 0.15) is 39.4 Å². The van der Waals surface area contributed by atoms with Crippen LogP contribution in [0, 0.1) is 6.92 Å². The molecule has 0 aliphatic heterocycles. The van der Waals surface area contributed by atoms with Crippen molar-refractivity contribution in [2.75, 3.05) is 6.61 Å². The zero-order chi connectivity index (χ0) is 26.2. The lowest BCUT2D eigenvalue weighted by molar-refractivity contribution is -0.136. The van der Waals surface area contributed by atoms with Crippen LogP contribution in [-0.2, 0) is 24.2 Å². The van der Waals surface area contributed by atoms with Gasteiger partial charge >= 0.3 is 5.97 Å². The Hall–Kier alpha value is -3.91. The summed E-state index contributed by atoms with van der Waals surface area (Å²) < 4.78 is 12.7. The number of hydrogen-bond donors (Lipinski definition) is 2. The molecule has 0 saturated carbocycles. The number of carboxylic acid groups (broad SMARTS) is 1. The maximum Gasteiger partial charge on any atom is 0.303 e. The largest absolute Gasteiger partial charge is 0.493 e. The number of ether oxygens (including phenoxy) is 1. The summed E-state index contributed by atoms with van der Waals surface area (Å²) in [6, 6.07) is 22.3. The third-order valence-electron chi connectivity index (χ3n) is 5.85. The molecule has 0 aliphatic rings. The fraction of sp³-hybridized carbons (Fsp3) is 0.207. The second kappa shape index (κ2) is 12.4. The number of aliphatic carboxylic acids is 1. The van der Waals surface area contributed by atoms with Crippen LogP contribution in [0.5, 0.6) is 5.75 Å². The van der Waals surface area contributed by atoms with Gasteiger partial charge in [0.2, 0.25) is 5.89 Å². The number of carboxylic acids is 1. The summed E-state index contributed by atoms with van der Waals surface area (Å²) >= 11 is 3.37. The zero-order valence-corrected chi connectivity index (χ0v) is 22.0. The van der Waals surface area contributed by atoms with Gasteiger partial charge in [-0.1, -0.05) is 40.2 Å². The Bertz CT molecular complexity index is 1370. The molecule has 1 heterocycles. The van der Waals surface area contributed by atoms with Crippen LogP contribution in [0.2, 0.25) is 0 Å². The van der Waals surface area contributed by atoms with Gasteiger partial charge < -0.3 is 19.6 Å². The second-order valence-corrected chi connectivity index (χ2v) is 9.42. The molecule has 0 atom stereocenters. The summed E-state index contributed by atoms with van der Waals surface area (Å²) in [5, 5.41) is 12.0. The predicted octanol–water partition coefficient (Wildman–Crippen LogP) is 5.98. The third kappa shape index (κ3) is 7.30. The van der Waals surface area contributed by atoms with Crippen molar-refractivity contribution in [2.24, 2.45) is 0 Å². The number of benzene rings is 3. The van der Waals surface area contributed by atoms with E-state index in [1.165, 1.54) is 0 Å². The van der Waals surface area contributed by atoms with Gasteiger partial charge in [-0.15, -0.1) is 0 Å². The zero-order valence-electron chi connectivity index (χ0n) is 20.4. The van der Waals surface area contributed by atoms with Crippen LogP contribution in [0.15, 0.2) is 81.7 Å². The van der Waals surface area contributed by atoms with Crippen molar-refractivity contribution in [3.05, 3.63) is 105 Å². The molecule has 190 valence electrons. The van der Waals surface area contributed by atoms with Crippen molar-refractivity contribution in [1.82, 2.24) is 10.3 Å². The highest BCUT2D eigenvalue weighted by atomic mass is 79.9. The van der Waals surface area contributed by atoms with Crippen LogP contribution < -0.4 is 10.1 Å². The van der Waals surface area contributed by atoms with Gasteiger partial charge in [0, 0.05) is 35.0 Å². The Kier molecular flexibility index (Phi) is 8.74. The standard InChI is InChI=1S/C29H27BrN2O5/c1-19-26(32-29(37-19)22-5-3-2-4-6-22)15-16-36-25-13-9-20(10-14-27(33)34)23(17-25)18-31-28(35)21-7-11-24(30)12-8-21/h2-9,11-13,17H,10,14-16,18H2,1H3,(H,31,35)(H,33,34). The SMILES string of the molecule is Cc1oc(-c2ccccc2)nc1CCOc1ccc(CCC(=O)O)c(CNC(=O)c2ccc(Br)cc2)c1. The number of hydrogen-bond acceptors (Lipinski definition) is 5. The van der Waals surface area contributed by atoms with E-state index < -0.39 is 5.97 Å². The number of oxazole rings is 1. The number of carbonyl (C=O) groups excluding carboxylic acids is 1. The summed E-state index contributed by atoms with van der Waals surface area (Å²) in [4.78, 5) is 28.3. The van der Waals surface area contributed by atoms with Gasteiger partial charge in [-0.25, -0.2) is 4.98 Å². The Morgan fingerprint density at radius 2 is 1.76 bits per heavy atom. The maximum atomic E-state index is 12.6. The molecule has 8 heteroatoms. The molecule has 7 nitrogen and oxygen atoms in total. The minimum atomic E-state index is -0.872. The molecule has 0 saturated heterocycles. The van der Waals surface area contributed by atoms with Gasteiger partial charge in [-0.2, -0.15) is 0 Å². The molecule has 0 fully saturated rings. The van der Waals surface area contributed by atoms with Gasteiger partial charge in [0.15, 0.2) is 0 Å². The summed E-state index contributed by atoms with van der Waals surface area (Å²) in [5.41, 5.74) is 3.96. The van der Waals surface area contributed by atoms with Crippen molar-refractivity contribution in [1.29, 1.82) is 0 Å². The molecule has 4 aromatic rings. The van der Waals surface area contributed by atoms with Gasteiger partial charge in [0.05, 0.1) is 12.3 Å². The lowest BCUT2D eigenvalue weighted by Gasteiger charge is -2.13. The van der Waals surface area contributed by atoms with Gasteiger partial charge in [-0.05, 0) is 73.0 Å². The Morgan fingerprint density at radius 1 is 1.00 bits per heavy atom. The molecule has 0 unspecified atom stereocenters. The number of aryl methyl sites for hydroxylation is 2. The molecule has 37 heavy (non-hydrogen) atoms. The molecule has 0 radical (unpaired) electrons. The first kappa shape index (κ1) is 26.2. The van der Waals surface area contributed by atoms with E-state index in [4.69, 9.17) is 14.3 Å². The van der Waals surface area contributed by atoms with Gasteiger partial charge in [0.1, 0.15) is 11.5 Å². The van der Waals surface area contributed by atoms with E-state index in [2.05, 4.69) is 26.2 Å². The number of amides is 1. The first-order chi connectivity index (χ1) is 17.9. The molecule has 2 N–H and O–H groups in total. The van der Waals surface area contributed by atoms with E-state index in [1.54, 1.807) is 24.3 Å². The summed E-state index contributed by atoms with van der Waals surface area (Å²) in [6.07, 6.45) is 0.932.